The molecule has 3 nitrogen and oxygen atoms in total. The average Bonchev–Trinajstić information content (AvgIpc) is 3.09. The van der Waals surface area contributed by atoms with Gasteiger partial charge in [0.05, 0.1) is 8.48 Å². The van der Waals surface area contributed by atoms with Crippen LogP contribution in [0, 0.1) is 0 Å². The molecule has 0 unspecified atom stereocenters. The Morgan fingerprint density at radius 1 is 1.44 bits per heavy atom. The first-order valence-electron chi connectivity index (χ1n) is 5.33. The highest BCUT2D eigenvalue weighted by Gasteiger charge is 2.65. The number of hydrogen-bond acceptors (Lipinski definition) is 3. The molecule has 0 radical (unpaired) electrons. The van der Waals surface area contributed by atoms with E-state index in [0.717, 1.165) is 0 Å². The molecule has 0 bridgehead atoms. The summed E-state index contributed by atoms with van der Waals surface area (Å²) < 4.78 is 50.9. The fourth-order valence-corrected chi connectivity index (χ4v) is 1.80. The van der Waals surface area contributed by atoms with E-state index in [2.05, 4.69) is 26.2 Å². The number of ether oxygens (including phenoxy) is 1. The van der Waals surface area contributed by atoms with E-state index in [4.69, 9.17) is 6.11 Å². The summed E-state index contributed by atoms with van der Waals surface area (Å²) in [6.45, 7) is 0. The van der Waals surface area contributed by atoms with Gasteiger partial charge in [0.25, 0.3) is 0 Å². The molecule has 18 heavy (non-hydrogen) atoms. The van der Waals surface area contributed by atoms with Crippen LogP contribution in [0.2, 0.25) is 0 Å². The number of nitrogens with zero attached hydrogens (tertiary/aromatic N) is 2. The summed E-state index contributed by atoms with van der Waals surface area (Å²) in [6, 6.07) is 3.94. The van der Waals surface area contributed by atoms with Crippen molar-refractivity contribution < 1.29 is 19.3 Å². The van der Waals surface area contributed by atoms with Crippen molar-refractivity contribution in [1.29, 1.82) is 0 Å². The number of benzene rings is 1. The smallest absolute Gasteiger partial charge is 0.442 e. The highest BCUT2D eigenvalue weighted by molar-refractivity contribution is 9.11. The van der Waals surface area contributed by atoms with Gasteiger partial charge in [-0.1, -0.05) is 28.1 Å². The Morgan fingerprint density at radius 2 is 2.11 bits per heavy atom. The van der Waals surface area contributed by atoms with Gasteiger partial charge in [0.2, 0.25) is 0 Å². The van der Waals surface area contributed by atoms with Gasteiger partial charge < -0.3 is 4.74 Å². The number of rotatable bonds is 3. The molecule has 0 saturated carbocycles. The Hall–Kier alpha value is -1.37. The quantitative estimate of drug-likeness (QED) is 0.819. The van der Waals surface area contributed by atoms with E-state index in [0.29, 0.717) is 5.56 Å². The van der Waals surface area contributed by atoms with Crippen molar-refractivity contribution in [2.75, 3.05) is 7.11 Å². The number of hydrogen-bond donors (Lipinski definition) is 0. The largest absolute Gasteiger partial charge is 0.496 e. The second-order valence-electron chi connectivity index (χ2n) is 3.58. The predicted molar refractivity (Wildman–Crippen MR) is 63.5 cm³/mol. The van der Waals surface area contributed by atoms with Crippen LogP contribution < -0.4 is 4.74 Å². The van der Waals surface area contributed by atoms with Gasteiger partial charge in [0.1, 0.15) is 5.75 Å². The van der Waals surface area contributed by atoms with Gasteiger partial charge in [0, 0.05) is 11.1 Å². The molecule has 1 aromatic carbocycles. The first-order chi connectivity index (χ1) is 8.80. The molecular formula is C11H8BrF3N2O. The first-order valence-corrected chi connectivity index (χ1v) is 5.62. The molecule has 1 heterocycles. The van der Waals surface area contributed by atoms with Crippen molar-refractivity contribution in [3.8, 4) is 5.75 Å². The third kappa shape index (κ3) is 2.03. The molecule has 1 aromatic rings. The van der Waals surface area contributed by atoms with Crippen LogP contribution in [0.4, 0.5) is 13.2 Å². The molecule has 1 aliphatic rings. The van der Waals surface area contributed by atoms with Crippen molar-refractivity contribution in [3.05, 3.63) is 34.3 Å². The van der Waals surface area contributed by atoms with Gasteiger partial charge in [-0.3, -0.25) is 0 Å². The molecule has 0 amide bonds. The highest BCUT2D eigenvalue weighted by Crippen LogP contribution is 2.52. The minimum Gasteiger partial charge on any atom is -0.496 e. The summed E-state index contributed by atoms with van der Waals surface area (Å²) in [5.41, 5.74) is -2.07. The Bertz CT molecular complexity index is 562. The normalized spacial score (nSPS) is 18.5. The minimum atomic E-state index is -4.56. The molecule has 0 aliphatic carbocycles. The second-order valence-corrected chi connectivity index (χ2v) is 4.04. The maximum atomic E-state index is 12.9. The zero-order chi connectivity index (χ0) is 14.3. The lowest BCUT2D eigenvalue weighted by atomic mass is 10.0. The zero-order valence-electron chi connectivity index (χ0n) is 10.1. The van der Waals surface area contributed by atoms with Gasteiger partial charge in [-0.25, -0.2) is 0 Å². The van der Waals surface area contributed by atoms with Crippen LogP contribution in [0.25, 0.3) is 6.08 Å². The van der Waals surface area contributed by atoms with Crippen molar-refractivity contribution in [1.82, 2.24) is 0 Å². The minimum absolute atomic E-state index is 0.0879. The monoisotopic (exact) mass is 321 g/mol. The molecule has 0 aromatic heterocycles. The summed E-state index contributed by atoms with van der Waals surface area (Å²) in [7, 11) is 1.34. The molecule has 96 valence electrons. The van der Waals surface area contributed by atoms with Crippen LogP contribution in [0.15, 0.2) is 33.4 Å². The topological polar surface area (TPSA) is 34.0 Å². The van der Waals surface area contributed by atoms with Gasteiger partial charge in [-0.15, -0.1) is 10.2 Å². The van der Waals surface area contributed by atoms with Crippen LogP contribution in [-0.4, -0.2) is 13.3 Å². The molecule has 2 rings (SSSR count). The van der Waals surface area contributed by atoms with Crippen LogP contribution in [-0.2, 0) is 5.66 Å². The van der Waals surface area contributed by atoms with Gasteiger partial charge >= 0.3 is 11.8 Å². The Balaban J connectivity index is 2.44. The molecular weight excluding hydrogens is 313 g/mol. The van der Waals surface area contributed by atoms with Gasteiger partial charge in [-0.2, -0.15) is 13.2 Å². The van der Waals surface area contributed by atoms with Crippen LogP contribution in [0.5, 0.6) is 5.75 Å². The molecule has 7 heteroatoms. The van der Waals surface area contributed by atoms with E-state index in [1.165, 1.54) is 31.4 Å². The molecule has 1 aliphatic heterocycles. The summed E-state index contributed by atoms with van der Waals surface area (Å²) in [6.07, 6.45) is -3.14. The predicted octanol–water partition coefficient (Wildman–Crippen LogP) is 4.24. The van der Waals surface area contributed by atoms with E-state index < -0.39 is 11.8 Å². The summed E-state index contributed by atoms with van der Waals surface area (Å²) in [5.74, 6) is 0.225. The zero-order valence-corrected chi connectivity index (χ0v) is 10.7. The summed E-state index contributed by atoms with van der Waals surface area (Å²) in [5, 5.41) is 6.25. The third-order valence-electron chi connectivity index (χ3n) is 2.54. The lowest BCUT2D eigenvalue weighted by Gasteiger charge is -2.16. The van der Waals surface area contributed by atoms with E-state index >= 15 is 0 Å². The fourth-order valence-electron chi connectivity index (χ4n) is 1.55. The molecule has 0 saturated heterocycles. The highest BCUT2D eigenvalue weighted by atomic mass is 79.9. The SMILES string of the molecule is [2H]C(Br)=Cc1ccc(C2(C(F)(F)F)N=N2)cc1OC. The standard InChI is InChI=1S/C11H8BrF3N2O/c1-18-9-6-8(3-2-7(9)4-5-12)10(16-17-10)11(13,14)15/h2-6H,1H3/i5D. The fraction of sp³-hybridized carbons (Fsp3) is 0.273. The summed E-state index contributed by atoms with van der Waals surface area (Å²) >= 11 is 2.93. The van der Waals surface area contributed by atoms with Crippen molar-refractivity contribution in [3.63, 3.8) is 0 Å². The molecule has 0 spiro atoms. The maximum absolute atomic E-state index is 12.9. The van der Waals surface area contributed by atoms with E-state index in [1.54, 1.807) is 0 Å². The summed E-state index contributed by atoms with van der Waals surface area (Å²) in [4.78, 5) is 0.0879. The first kappa shape index (κ1) is 11.7. The lowest BCUT2D eigenvalue weighted by molar-refractivity contribution is -0.166. The number of halogens is 4. The number of methoxy groups -OCH3 is 1. The van der Waals surface area contributed by atoms with E-state index in [-0.39, 0.29) is 16.3 Å². The van der Waals surface area contributed by atoms with E-state index in [1.807, 2.05) is 0 Å². The number of alkyl halides is 3. The van der Waals surface area contributed by atoms with Crippen LogP contribution in [0.1, 0.15) is 12.5 Å². The second kappa shape index (κ2) is 4.38. The van der Waals surface area contributed by atoms with E-state index in [9.17, 15) is 13.2 Å². The molecule has 0 fully saturated rings. The van der Waals surface area contributed by atoms with Crippen LogP contribution >= 0.6 is 15.9 Å². The van der Waals surface area contributed by atoms with Gasteiger partial charge in [-0.05, 0) is 17.1 Å². The Kier molecular flexibility index (Phi) is 2.85. The lowest BCUT2D eigenvalue weighted by Crippen LogP contribution is -2.30. The van der Waals surface area contributed by atoms with Gasteiger partial charge in [0.15, 0.2) is 0 Å². The van der Waals surface area contributed by atoms with Crippen LogP contribution in [0.3, 0.4) is 0 Å². The van der Waals surface area contributed by atoms with Crippen molar-refractivity contribution >= 4 is 22.0 Å². The van der Waals surface area contributed by atoms with Crippen molar-refractivity contribution in [2.24, 2.45) is 10.2 Å². The third-order valence-corrected chi connectivity index (χ3v) is 2.77. The Morgan fingerprint density at radius 3 is 2.56 bits per heavy atom. The molecule has 0 N–H and O–H groups in total. The maximum Gasteiger partial charge on any atom is 0.442 e. The van der Waals surface area contributed by atoms with Crippen molar-refractivity contribution in [2.45, 2.75) is 11.8 Å². The average molecular weight is 322 g/mol. The molecule has 0 atom stereocenters. The Labute approximate surface area is 111 Å².